The highest BCUT2D eigenvalue weighted by Gasteiger charge is 2.29. The number of nitrogens with zero attached hydrogens (tertiary/aromatic N) is 1. The van der Waals surface area contributed by atoms with E-state index in [2.05, 4.69) is 10.2 Å². The van der Waals surface area contributed by atoms with E-state index in [1.165, 1.54) is 17.0 Å². The molecule has 3 rings (SSSR count). The van der Waals surface area contributed by atoms with Gasteiger partial charge in [0.2, 0.25) is 0 Å². The first kappa shape index (κ1) is 17.7. The summed E-state index contributed by atoms with van der Waals surface area (Å²) in [7, 11) is 0. The van der Waals surface area contributed by atoms with Gasteiger partial charge < -0.3 is 15.1 Å². The molecule has 1 atom stereocenters. The molecule has 1 saturated heterocycles. The van der Waals surface area contributed by atoms with E-state index in [-0.39, 0.29) is 17.8 Å². The van der Waals surface area contributed by atoms with E-state index in [1.807, 2.05) is 19.1 Å². The van der Waals surface area contributed by atoms with Gasteiger partial charge in [-0.15, -0.1) is 0 Å². The van der Waals surface area contributed by atoms with E-state index in [0.29, 0.717) is 10.7 Å². The lowest BCUT2D eigenvalue weighted by Gasteiger charge is -2.36. The Morgan fingerprint density at radius 2 is 1.88 bits per heavy atom. The van der Waals surface area contributed by atoms with Gasteiger partial charge in [-0.1, -0.05) is 17.7 Å². The van der Waals surface area contributed by atoms with Gasteiger partial charge in [0.15, 0.2) is 6.04 Å². The quantitative estimate of drug-likeness (QED) is 0.875. The SMILES string of the molecule is C[C@H](C(=O)Nc1cccc(Cl)c1)[NH+]1CCN(c2ccc(F)cc2)CC1. The van der Waals surface area contributed by atoms with Crippen molar-refractivity contribution in [1.29, 1.82) is 0 Å². The van der Waals surface area contributed by atoms with Crippen molar-refractivity contribution in [3.05, 3.63) is 59.4 Å². The first-order valence-electron chi connectivity index (χ1n) is 8.44. The van der Waals surface area contributed by atoms with Crippen molar-refractivity contribution in [2.45, 2.75) is 13.0 Å². The third-order valence-electron chi connectivity index (χ3n) is 4.70. The molecule has 2 aromatic carbocycles. The van der Waals surface area contributed by atoms with E-state index in [0.717, 1.165) is 31.9 Å². The van der Waals surface area contributed by atoms with Crippen LogP contribution in [0, 0.1) is 5.82 Å². The molecule has 132 valence electrons. The summed E-state index contributed by atoms with van der Waals surface area (Å²) in [6.45, 7) is 5.36. The second-order valence-electron chi connectivity index (χ2n) is 6.34. The second-order valence-corrected chi connectivity index (χ2v) is 6.78. The van der Waals surface area contributed by atoms with Crippen LogP contribution in [0.15, 0.2) is 48.5 Å². The van der Waals surface area contributed by atoms with Gasteiger partial charge in [0.25, 0.3) is 5.91 Å². The fraction of sp³-hybridized carbons (Fsp3) is 0.316. The van der Waals surface area contributed by atoms with Crippen molar-refractivity contribution in [1.82, 2.24) is 0 Å². The summed E-state index contributed by atoms with van der Waals surface area (Å²) in [6.07, 6.45) is 0. The molecule has 4 nitrogen and oxygen atoms in total. The molecule has 0 unspecified atom stereocenters. The Balaban J connectivity index is 1.54. The molecule has 1 amide bonds. The fourth-order valence-electron chi connectivity index (χ4n) is 3.14. The summed E-state index contributed by atoms with van der Waals surface area (Å²) < 4.78 is 13.0. The Kier molecular flexibility index (Phi) is 5.56. The number of hydrogen-bond donors (Lipinski definition) is 2. The molecule has 2 N–H and O–H groups in total. The van der Waals surface area contributed by atoms with E-state index in [4.69, 9.17) is 11.6 Å². The minimum absolute atomic E-state index is 0.00695. The molecule has 6 heteroatoms. The molecule has 0 bridgehead atoms. The zero-order valence-corrected chi connectivity index (χ0v) is 14.9. The molecular weight excluding hydrogens is 341 g/mol. The van der Waals surface area contributed by atoms with Gasteiger partial charge in [-0.05, 0) is 49.4 Å². The third-order valence-corrected chi connectivity index (χ3v) is 4.93. The average Bonchev–Trinajstić information content (AvgIpc) is 2.62. The van der Waals surface area contributed by atoms with Gasteiger partial charge in [-0.3, -0.25) is 4.79 Å². The number of nitrogens with one attached hydrogen (secondary N) is 2. The third kappa shape index (κ3) is 4.50. The fourth-order valence-corrected chi connectivity index (χ4v) is 3.33. The summed E-state index contributed by atoms with van der Waals surface area (Å²) in [4.78, 5) is 16.0. The van der Waals surface area contributed by atoms with E-state index < -0.39 is 0 Å². The topological polar surface area (TPSA) is 36.8 Å². The molecule has 0 aromatic heterocycles. The lowest BCUT2D eigenvalue weighted by Crippen LogP contribution is -3.19. The highest BCUT2D eigenvalue weighted by Crippen LogP contribution is 2.16. The number of carbonyl (C=O) groups excluding carboxylic acids is 1. The summed E-state index contributed by atoms with van der Waals surface area (Å²) in [6, 6.07) is 13.6. The minimum atomic E-state index is -0.223. The summed E-state index contributed by atoms with van der Waals surface area (Å²) in [5.41, 5.74) is 1.74. The van der Waals surface area contributed by atoms with Crippen molar-refractivity contribution in [3.63, 3.8) is 0 Å². The lowest BCUT2D eigenvalue weighted by atomic mass is 10.2. The van der Waals surface area contributed by atoms with Crippen LogP contribution in [0.25, 0.3) is 0 Å². The smallest absolute Gasteiger partial charge is 0.282 e. The van der Waals surface area contributed by atoms with Crippen LogP contribution in [0.5, 0.6) is 0 Å². The maximum Gasteiger partial charge on any atom is 0.282 e. The standard InChI is InChI=1S/C19H21ClFN3O/c1-14(19(25)22-17-4-2-3-15(20)13-17)23-9-11-24(12-10-23)18-7-5-16(21)6-8-18/h2-8,13-14H,9-12H2,1H3,(H,22,25)/p+1/t14-/m1/s1. The average molecular weight is 363 g/mol. The predicted octanol–water partition coefficient (Wildman–Crippen LogP) is 2.21. The Bertz CT molecular complexity index is 730. The molecule has 2 aromatic rings. The van der Waals surface area contributed by atoms with Crippen molar-refractivity contribution in [2.24, 2.45) is 0 Å². The van der Waals surface area contributed by atoms with Gasteiger partial charge in [-0.25, -0.2) is 4.39 Å². The zero-order chi connectivity index (χ0) is 17.8. The maximum absolute atomic E-state index is 13.0. The Hall–Kier alpha value is -2.11. The molecule has 0 spiro atoms. The molecule has 1 fully saturated rings. The van der Waals surface area contributed by atoms with Crippen LogP contribution in [0.1, 0.15) is 6.92 Å². The van der Waals surface area contributed by atoms with Crippen molar-refractivity contribution >= 4 is 28.9 Å². The van der Waals surface area contributed by atoms with Crippen molar-refractivity contribution in [2.75, 3.05) is 36.4 Å². The molecule has 25 heavy (non-hydrogen) atoms. The highest BCUT2D eigenvalue weighted by molar-refractivity contribution is 6.30. The lowest BCUT2D eigenvalue weighted by molar-refractivity contribution is -0.914. The number of quaternary nitrogens is 1. The predicted molar refractivity (Wildman–Crippen MR) is 98.9 cm³/mol. The Labute approximate surface area is 152 Å². The number of amides is 1. The number of piperazine rings is 1. The van der Waals surface area contributed by atoms with Gasteiger partial charge >= 0.3 is 0 Å². The Morgan fingerprint density at radius 3 is 2.52 bits per heavy atom. The summed E-state index contributed by atoms with van der Waals surface area (Å²) >= 11 is 5.96. The zero-order valence-electron chi connectivity index (χ0n) is 14.1. The van der Waals surface area contributed by atoms with Gasteiger partial charge in [-0.2, -0.15) is 0 Å². The first-order chi connectivity index (χ1) is 12.0. The normalized spacial score (nSPS) is 16.5. The molecule has 1 heterocycles. The van der Waals surface area contributed by atoms with Crippen LogP contribution in [0.4, 0.5) is 15.8 Å². The maximum atomic E-state index is 13.0. The number of hydrogen-bond acceptors (Lipinski definition) is 2. The van der Waals surface area contributed by atoms with E-state index in [1.54, 1.807) is 24.3 Å². The number of rotatable bonds is 4. The van der Waals surface area contributed by atoms with Crippen molar-refractivity contribution < 1.29 is 14.1 Å². The molecule has 0 saturated carbocycles. The number of benzene rings is 2. The van der Waals surface area contributed by atoms with E-state index >= 15 is 0 Å². The van der Waals surface area contributed by atoms with Gasteiger partial charge in [0.1, 0.15) is 5.82 Å². The van der Waals surface area contributed by atoms with Gasteiger partial charge in [0.05, 0.1) is 26.2 Å². The van der Waals surface area contributed by atoms with Crippen LogP contribution >= 0.6 is 11.6 Å². The molecule has 0 aliphatic carbocycles. The molecule has 0 radical (unpaired) electrons. The van der Waals surface area contributed by atoms with Gasteiger partial charge in [0, 0.05) is 16.4 Å². The van der Waals surface area contributed by atoms with Crippen LogP contribution in [-0.2, 0) is 4.79 Å². The Morgan fingerprint density at radius 1 is 1.20 bits per heavy atom. The van der Waals surface area contributed by atoms with Crippen LogP contribution < -0.4 is 15.1 Å². The number of anilines is 2. The monoisotopic (exact) mass is 362 g/mol. The number of halogens is 2. The first-order valence-corrected chi connectivity index (χ1v) is 8.82. The van der Waals surface area contributed by atoms with Crippen molar-refractivity contribution in [3.8, 4) is 0 Å². The van der Waals surface area contributed by atoms with Crippen LogP contribution in [0.2, 0.25) is 5.02 Å². The largest absolute Gasteiger partial charge is 0.360 e. The van der Waals surface area contributed by atoms with Crippen LogP contribution in [0.3, 0.4) is 0 Å². The minimum Gasteiger partial charge on any atom is -0.360 e. The van der Waals surface area contributed by atoms with E-state index in [9.17, 15) is 9.18 Å². The molecule has 1 aliphatic heterocycles. The summed E-state index contributed by atoms with van der Waals surface area (Å²) in [5, 5.41) is 3.53. The van der Waals surface area contributed by atoms with Crippen LogP contribution in [-0.4, -0.2) is 38.1 Å². The molecule has 1 aliphatic rings. The second kappa shape index (κ2) is 7.85. The summed E-state index contributed by atoms with van der Waals surface area (Å²) in [5.74, 6) is -0.230. The molecular formula is C19H22ClFN3O+. The number of carbonyl (C=O) groups is 1. The highest BCUT2D eigenvalue weighted by atomic mass is 35.5.